The van der Waals surface area contributed by atoms with Gasteiger partial charge in [-0.1, -0.05) is 78.9 Å². The molecule has 0 saturated carbocycles. The Labute approximate surface area is 188 Å². The largest absolute Gasteiger partial charge is 0.508 e. The van der Waals surface area contributed by atoms with Gasteiger partial charge >= 0.3 is 0 Å². The third-order valence-corrected chi connectivity index (χ3v) is 3.81. The number of benzene rings is 3. The fourth-order valence-corrected chi connectivity index (χ4v) is 2.64. The van der Waals surface area contributed by atoms with Crippen molar-refractivity contribution >= 4 is 36.0 Å². The zero-order valence-electron chi connectivity index (χ0n) is 14.7. The van der Waals surface area contributed by atoms with Crippen molar-refractivity contribution in [1.29, 1.82) is 0 Å². The average Bonchev–Trinajstić information content (AvgIpc) is 3.14. The molecule has 0 saturated heterocycles. The molecule has 4 heteroatoms. The van der Waals surface area contributed by atoms with Gasteiger partial charge in [-0.3, -0.25) is 6.08 Å². The van der Waals surface area contributed by atoms with Crippen molar-refractivity contribution in [2.24, 2.45) is 0 Å². The van der Waals surface area contributed by atoms with Gasteiger partial charge in [-0.15, -0.1) is 42.4 Å². The van der Waals surface area contributed by atoms with Gasteiger partial charge in [-0.25, -0.2) is 6.08 Å². The van der Waals surface area contributed by atoms with Crippen LogP contribution in [0.4, 0.5) is 0 Å². The second-order valence-corrected chi connectivity index (χ2v) is 5.49. The van der Waals surface area contributed by atoms with E-state index in [4.69, 9.17) is 5.11 Å². The van der Waals surface area contributed by atoms with Crippen molar-refractivity contribution < 1.29 is 26.8 Å². The van der Waals surface area contributed by atoms with E-state index in [-0.39, 0.29) is 46.5 Å². The number of halogens is 2. The van der Waals surface area contributed by atoms with Crippen LogP contribution in [0, 0.1) is 6.08 Å². The molecule has 0 radical (unpaired) electrons. The Hall–Kier alpha value is -1.77. The fourth-order valence-electron chi connectivity index (χ4n) is 2.64. The summed E-state index contributed by atoms with van der Waals surface area (Å²) in [5, 5.41) is 8.63. The molecule has 1 N–H and O–H groups in total. The molecule has 1 aliphatic rings. The van der Waals surface area contributed by atoms with Crippen LogP contribution in [-0.2, 0) is 21.7 Å². The summed E-state index contributed by atoms with van der Waals surface area (Å²) >= 11 is 0. The van der Waals surface area contributed by atoms with E-state index in [1.54, 1.807) is 24.3 Å². The van der Waals surface area contributed by atoms with Gasteiger partial charge in [0, 0.05) is 21.7 Å². The minimum Gasteiger partial charge on any atom is -0.508 e. The molecule has 0 aliphatic heterocycles. The zero-order chi connectivity index (χ0) is 16.6. The van der Waals surface area contributed by atoms with Crippen LogP contribution in [-0.4, -0.2) is 5.11 Å². The maximum atomic E-state index is 8.63. The summed E-state index contributed by atoms with van der Waals surface area (Å²) in [7, 11) is 0. The monoisotopic (exact) mass is 431 g/mol. The van der Waals surface area contributed by atoms with E-state index < -0.39 is 0 Å². The second kappa shape index (κ2) is 13.4. The van der Waals surface area contributed by atoms with Crippen LogP contribution in [0.5, 0.6) is 5.75 Å². The van der Waals surface area contributed by atoms with Crippen molar-refractivity contribution in [2.45, 2.75) is 6.42 Å². The van der Waals surface area contributed by atoms with Gasteiger partial charge < -0.3 is 5.11 Å². The van der Waals surface area contributed by atoms with Gasteiger partial charge in [0.2, 0.25) is 0 Å². The molecule has 3 aromatic carbocycles. The summed E-state index contributed by atoms with van der Waals surface area (Å²) < 4.78 is 0. The van der Waals surface area contributed by atoms with Crippen molar-refractivity contribution in [3.05, 3.63) is 114 Å². The number of rotatable bonds is 2. The molecule has 27 heavy (non-hydrogen) atoms. The summed E-state index contributed by atoms with van der Waals surface area (Å²) in [4.78, 5) is 0. The first kappa shape index (κ1) is 25.2. The number of hydrogen-bond donors (Lipinski definition) is 1. The molecule has 1 nitrogen and oxygen atoms in total. The third kappa shape index (κ3) is 7.40. The van der Waals surface area contributed by atoms with Gasteiger partial charge in [-0.2, -0.15) is 5.57 Å². The number of aromatic hydroxyl groups is 1. The van der Waals surface area contributed by atoms with Crippen LogP contribution in [0.3, 0.4) is 0 Å². The SMILES string of the molecule is Cl.Cl.Oc1ccccc1.[C-]1=CC(c2ccccc2)=C(c2ccccc2)C1.[Ti]. The van der Waals surface area contributed by atoms with Crippen LogP contribution in [0.25, 0.3) is 11.1 Å². The average molecular weight is 432 g/mol. The Bertz CT molecular complexity index is 832. The van der Waals surface area contributed by atoms with Crippen molar-refractivity contribution in [1.82, 2.24) is 0 Å². The maximum Gasteiger partial charge on any atom is 0.115 e. The second-order valence-electron chi connectivity index (χ2n) is 5.49. The number of hydrogen-bond acceptors (Lipinski definition) is 1. The predicted octanol–water partition coefficient (Wildman–Crippen LogP) is 6.59. The van der Waals surface area contributed by atoms with Gasteiger partial charge in [0.15, 0.2) is 0 Å². The topological polar surface area (TPSA) is 20.2 Å². The summed E-state index contributed by atoms with van der Waals surface area (Å²) in [6, 6.07) is 29.8. The molecule has 0 atom stereocenters. The molecular formula is C23H21Cl2OTi-. The van der Waals surface area contributed by atoms with Crippen molar-refractivity contribution in [3.8, 4) is 5.75 Å². The first-order chi connectivity index (χ1) is 11.8. The van der Waals surface area contributed by atoms with E-state index in [1.165, 1.54) is 22.3 Å². The molecular weight excluding hydrogens is 411 g/mol. The molecule has 138 valence electrons. The van der Waals surface area contributed by atoms with E-state index >= 15 is 0 Å². The molecule has 0 spiro atoms. The standard InChI is InChI=1S/C17H13.C6H6O.2ClH.Ti/c1-3-8-14(9-4-1)16-12-7-13-17(16)15-10-5-2-6-11-15;7-6-4-2-1-3-5-6;;;/h1-6,8-12H,13H2;1-5,7H;2*1H;/q-1;;;;. The van der Waals surface area contributed by atoms with Gasteiger partial charge in [0.1, 0.15) is 5.75 Å². The Morgan fingerprint density at radius 1 is 0.630 bits per heavy atom. The van der Waals surface area contributed by atoms with E-state index in [2.05, 4.69) is 72.8 Å². The number of allylic oxidation sites excluding steroid dienone is 4. The maximum absolute atomic E-state index is 8.63. The van der Waals surface area contributed by atoms with Gasteiger partial charge in [0.05, 0.1) is 0 Å². The normalized spacial score (nSPS) is 11.3. The third-order valence-electron chi connectivity index (χ3n) is 3.81. The summed E-state index contributed by atoms with van der Waals surface area (Å²) in [6.45, 7) is 0. The predicted molar refractivity (Wildman–Crippen MR) is 115 cm³/mol. The minimum atomic E-state index is 0. The Kier molecular flexibility index (Phi) is 12.5. The molecule has 0 amide bonds. The van der Waals surface area contributed by atoms with Gasteiger partial charge in [-0.05, 0) is 17.7 Å². The molecule has 0 unspecified atom stereocenters. The zero-order valence-corrected chi connectivity index (χ0v) is 17.9. The fraction of sp³-hybridized carbons (Fsp3) is 0.0435. The van der Waals surface area contributed by atoms with Crippen LogP contribution in [0.1, 0.15) is 17.5 Å². The molecule has 4 rings (SSSR count). The van der Waals surface area contributed by atoms with E-state index in [9.17, 15) is 0 Å². The summed E-state index contributed by atoms with van der Waals surface area (Å²) in [5.41, 5.74) is 5.25. The van der Waals surface area contributed by atoms with E-state index in [0.29, 0.717) is 5.75 Å². The molecule has 0 heterocycles. The number of para-hydroxylation sites is 1. The molecule has 0 aromatic heterocycles. The number of phenolic OH excluding ortho intramolecular Hbond substituents is 1. The van der Waals surface area contributed by atoms with Gasteiger partial charge in [0.25, 0.3) is 0 Å². The Morgan fingerprint density at radius 3 is 1.52 bits per heavy atom. The van der Waals surface area contributed by atoms with E-state index in [0.717, 1.165) is 6.42 Å². The van der Waals surface area contributed by atoms with Crippen molar-refractivity contribution in [2.75, 3.05) is 0 Å². The minimum absolute atomic E-state index is 0. The van der Waals surface area contributed by atoms with Crippen LogP contribution in [0.2, 0.25) is 0 Å². The Morgan fingerprint density at radius 2 is 1.07 bits per heavy atom. The van der Waals surface area contributed by atoms with Crippen LogP contribution < -0.4 is 0 Å². The number of phenols is 1. The smallest absolute Gasteiger partial charge is 0.115 e. The Balaban J connectivity index is 0.000000585. The quantitative estimate of drug-likeness (QED) is 0.358. The van der Waals surface area contributed by atoms with Crippen LogP contribution >= 0.6 is 24.8 Å². The van der Waals surface area contributed by atoms with E-state index in [1.807, 2.05) is 6.07 Å². The molecule has 0 bridgehead atoms. The molecule has 0 fully saturated rings. The first-order valence-corrected chi connectivity index (χ1v) is 7.99. The first-order valence-electron chi connectivity index (χ1n) is 7.99. The van der Waals surface area contributed by atoms with Crippen molar-refractivity contribution in [3.63, 3.8) is 0 Å². The molecule has 1 aliphatic carbocycles. The summed E-state index contributed by atoms with van der Waals surface area (Å²) in [6.07, 6.45) is 6.34. The molecule has 3 aromatic rings. The van der Waals surface area contributed by atoms with Crippen LogP contribution in [0.15, 0.2) is 97.1 Å². The summed E-state index contributed by atoms with van der Waals surface area (Å²) in [5.74, 6) is 0.322.